The van der Waals surface area contributed by atoms with Crippen LogP contribution in [0.1, 0.15) is 33.6 Å². The molecule has 0 amide bonds. The summed E-state index contributed by atoms with van der Waals surface area (Å²) in [7, 11) is -0.809. The summed E-state index contributed by atoms with van der Waals surface area (Å²) >= 11 is 0. The van der Waals surface area contributed by atoms with E-state index < -0.39 is 44.2 Å². The highest BCUT2D eigenvalue weighted by atomic mass is 28.3. The van der Waals surface area contributed by atoms with Crippen LogP contribution in [0.5, 0.6) is 0 Å². The van der Waals surface area contributed by atoms with Crippen molar-refractivity contribution in [2.75, 3.05) is 19.7 Å². The minimum absolute atomic E-state index is 0.0165. The first-order chi connectivity index (χ1) is 12.1. The quantitative estimate of drug-likeness (QED) is 0.329. The number of halogens is 6. The van der Waals surface area contributed by atoms with E-state index in [2.05, 4.69) is 5.32 Å². The fourth-order valence-corrected chi connectivity index (χ4v) is 3.63. The minimum atomic E-state index is -4.83. The average Bonchev–Trinajstić information content (AvgIpc) is 2.47. The fraction of sp³-hybridized carbons (Fsp3) is 0.778. The third-order valence-corrected chi connectivity index (χ3v) is 5.46. The van der Waals surface area contributed by atoms with E-state index in [1.807, 2.05) is 13.1 Å². The number of alkyl halides is 6. The summed E-state index contributed by atoms with van der Waals surface area (Å²) in [5.74, 6) is 0. The highest BCUT2D eigenvalue weighted by Crippen LogP contribution is 2.58. The average molecular weight is 417 g/mol. The Bertz CT molecular complexity index is 544. The standard InChI is InChI=1S/C18H28F6NOSi/c1-15(2,3)16(18(22,23)24)10-13(9-14(11-16)17(19,20)21)12-25-7-6-8-26-27(4)5/h9,11,25H,6-8,10,12H2,1-5H3. The largest absolute Gasteiger partial charge is 0.417 e. The maximum atomic E-state index is 13.9. The second-order valence-electron chi connectivity index (χ2n) is 8.08. The van der Waals surface area contributed by atoms with Crippen molar-refractivity contribution in [1.29, 1.82) is 0 Å². The van der Waals surface area contributed by atoms with Crippen molar-refractivity contribution >= 4 is 9.04 Å². The lowest BCUT2D eigenvalue weighted by Gasteiger charge is -2.46. The molecule has 1 rings (SSSR count). The highest BCUT2D eigenvalue weighted by molar-refractivity contribution is 6.48. The fourth-order valence-electron chi connectivity index (χ4n) is 3.08. The van der Waals surface area contributed by atoms with Crippen molar-refractivity contribution in [3.05, 3.63) is 23.3 Å². The summed E-state index contributed by atoms with van der Waals surface area (Å²) in [6, 6.07) is 0. The van der Waals surface area contributed by atoms with Crippen LogP contribution in [-0.2, 0) is 4.43 Å². The number of rotatable bonds is 7. The first kappa shape index (κ1) is 24.2. The van der Waals surface area contributed by atoms with Gasteiger partial charge in [-0.25, -0.2) is 0 Å². The topological polar surface area (TPSA) is 21.3 Å². The molecule has 0 aromatic carbocycles. The molecular formula is C18H28F6NOSi. The van der Waals surface area contributed by atoms with Crippen LogP contribution < -0.4 is 5.32 Å². The zero-order valence-corrected chi connectivity index (χ0v) is 17.4. The van der Waals surface area contributed by atoms with E-state index in [1.165, 1.54) is 20.8 Å². The molecule has 1 N–H and O–H groups in total. The van der Waals surface area contributed by atoms with Gasteiger partial charge in [0, 0.05) is 13.2 Å². The Morgan fingerprint density at radius 3 is 2.15 bits per heavy atom. The molecule has 157 valence electrons. The molecule has 0 spiro atoms. The van der Waals surface area contributed by atoms with Crippen molar-refractivity contribution < 1.29 is 30.8 Å². The van der Waals surface area contributed by atoms with Gasteiger partial charge >= 0.3 is 12.4 Å². The van der Waals surface area contributed by atoms with Gasteiger partial charge < -0.3 is 9.74 Å². The van der Waals surface area contributed by atoms with Gasteiger partial charge in [0.1, 0.15) is 0 Å². The van der Waals surface area contributed by atoms with Crippen molar-refractivity contribution in [2.45, 2.75) is 59.1 Å². The first-order valence-electron chi connectivity index (χ1n) is 8.80. The molecule has 2 nitrogen and oxygen atoms in total. The van der Waals surface area contributed by atoms with Crippen LogP contribution in [0.3, 0.4) is 0 Å². The molecule has 0 bridgehead atoms. The molecule has 0 fully saturated rings. The van der Waals surface area contributed by atoms with Crippen LogP contribution in [0.25, 0.3) is 0 Å². The smallest absolute Gasteiger partial charge is 0.416 e. The molecule has 0 aliphatic heterocycles. The Kier molecular flexibility index (Phi) is 7.80. The van der Waals surface area contributed by atoms with E-state index in [9.17, 15) is 26.3 Å². The Hall–Kier alpha value is -0.803. The molecule has 9 heteroatoms. The van der Waals surface area contributed by atoms with E-state index in [0.29, 0.717) is 25.6 Å². The number of allylic oxidation sites excluding steroid dienone is 3. The van der Waals surface area contributed by atoms with Crippen molar-refractivity contribution in [3.8, 4) is 0 Å². The highest BCUT2D eigenvalue weighted by Gasteiger charge is 2.61. The van der Waals surface area contributed by atoms with Crippen LogP contribution in [0.2, 0.25) is 13.1 Å². The zero-order valence-electron chi connectivity index (χ0n) is 16.4. The number of hydrogen-bond donors (Lipinski definition) is 1. The summed E-state index contributed by atoms with van der Waals surface area (Å²) in [5.41, 5.74) is -5.11. The van der Waals surface area contributed by atoms with Crippen molar-refractivity contribution in [2.24, 2.45) is 10.8 Å². The van der Waals surface area contributed by atoms with Gasteiger partial charge in [-0.1, -0.05) is 32.4 Å². The van der Waals surface area contributed by atoms with Gasteiger partial charge in [-0.2, -0.15) is 26.3 Å². The van der Waals surface area contributed by atoms with E-state index in [1.54, 1.807) is 0 Å². The third kappa shape index (κ3) is 6.35. The van der Waals surface area contributed by atoms with Gasteiger partial charge in [0.25, 0.3) is 0 Å². The van der Waals surface area contributed by atoms with Crippen LogP contribution in [0.4, 0.5) is 26.3 Å². The molecule has 0 aromatic rings. The zero-order chi connectivity index (χ0) is 21.1. The second kappa shape index (κ2) is 8.69. The van der Waals surface area contributed by atoms with Crippen molar-refractivity contribution in [3.63, 3.8) is 0 Å². The molecule has 1 atom stereocenters. The lowest BCUT2D eigenvalue weighted by Crippen LogP contribution is -2.49. The second-order valence-corrected chi connectivity index (χ2v) is 10.2. The van der Waals surface area contributed by atoms with Gasteiger partial charge in [-0.15, -0.1) is 0 Å². The molecule has 1 radical (unpaired) electrons. The summed E-state index contributed by atoms with van der Waals surface area (Å²) in [5, 5.41) is 2.94. The molecule has 1 unspecified atom stereocenters. The predicted molar refractivity (Wildman–Crippen MR) is 95.7 cm³/mol. The van der Waals surface area contributed by atoms with Crippen LogP contribution in [0.15, 0.2) is 23.3 Å². The van der Waals surface area contributed by atoms with Crippen LogP contribution in [-0.4, -0.2) is 41.1 Å². The molecular weight excluding hydrogens is 388 g/mol. The monoisotopic (exact) mass is 416 g/mol. The molecule has 1 aliphatic rings. The van der Waals surface area contributed by atoms with Crippen LogP contribution in [0, 0.1) is 10.8 Å². The Balaban J connectivity index is 3.00. The van der Waals surface area contributed by atoms with E-state index in [-0.39, 0.29) is 12.1 Å². The lowest BCUT2D eigenvalue weighted by atomic mass is 9.60. The molecule has 0 saturated heterocycles. The Labute approximate surface area is 158 Å². The van der Waals surface area contributed by atoms with E-state index in [0.717, 1.165) is 6.08 Å². The summed E-state index contributed by atoms with van der Waals surface area (Å²) in [4.78, 5) is 0. The third-order valence-electron chi connectivity index (χ3n) is 4.68. The SMILES string of the molecule is C[Si](C)OCCCNCC1=CC(C(F)(F)F)=CC(C(C)(C)C)(C(F)(F)F)C1. The van der Waals surface area contributed by atoms with Gasteiger partial charge in [0.15, 0.2) is 0 Å². The van der Waals surface area contributed by atoms with E-state index in [4.69, 9.17) is 4.43 Å². The molecule has 0 heterocycles. The number of nitrogens with one attached hydrogen (secondary N) is 1. The van der Waals surface area contributed by atoms with Gasteiger partial charge in [-0.05, 0) is 44.0 Å². The molecule has 0 aromatic heterocycles. The minimum Gasteiger partial charge on any atom is -0.417 e. The predicted octanol–water partition coefficient (Wildman–Crippen LogP) is 5.65. The van der Waals surface area contributed by atoms with E-state index >= 15 is 0 Å². The van der Waals surface area contributed by atoms with Gasteiger partial charge in [-0.3, -0.25) is 0 Å². The maximum Gasteiger partial charge on any atom is 0.416 e. The normalized spacial score (nSPS) is 22.1. The molecule has 1 aliphatic carbocycles. The Morgan fingerprint density at radius 2 is 1.70 bits per heavy atom. The summed E-state index contributed by atoms with van der Waals surface area (Å²) in [6.45, 7) is 8.92. The van der Waals surface area contributed by atoms with Gasteiger partial charge in [0.2, 0.25) is 9.04 Å². The Morgan fingerprint density at radius 1 is 1.11 bits per heavy atom. The lowest BCUT2D eigenvalue weighted by molar-refractivity contribution is -0.238. The first-order valence-corrected chi connectivity index (χ1v) is 11.2. The number of hydrogen-bond acceptors (Lipinski definition) is 2. The summed E-state index contributed by atoms with van der Waals surface area (Å²) < 4.78 is 87.1. The van der Waals surface area contributed by atoms with Gasteiger partial charge in [0.05, 0.1) is 11.0 Å². The molecule has 27 heavy (non-hydrogen) atoms. The molecule has 0 saturated carbocycles. The van der Waals surface area contributed by atoms with Crippen LogP contribution >= 0.6 is 0 Å². The van der Waals surface area contributed by atoms with Crippen molar-refractivity contribution in [1.82, 2.24) is 5.32 Å². The summed E-state index contributed by atoms with van der Waals surface area (Å²) in [6.07, 6.45) is -8.25. The maximum absolute atomic E-state index is 13.9.